The summed E-state index contributed by atoms with van der Waals surface area (Å²) in [6.45, 7) is 0.646. The second-order valence-electron chi connectivity index (χ2n) is 3.91. The van der Waals surface area contributed by atoms with Gasteiger partial charge in [-0.1, -0.05) is 51.8 Å². The Hall–Kier alpha value is -0.640. The second-order valence-corrected chi connectivity index (χ2v) is 6.04. The molecule has 0 aliphatic carbocycles. The molecule has 4 heteroatoms. The van der Waals surface area contributed by atoms with E-state index in [0.717, 1.165) is 22.4 Å². The number of thioether (sulfide) groups is 1. The lowest BCUT2D eigenvalue weighted by atomic mass is 10.2. The van der Waals surface area contributed by atoms with Gasteiger partial charge in [0.1, 0.15) is 5.75 Å². The Morgan fingerprint density at radius 1 is 1.11 bits per heavy atom. The van der Waals surface area contributed by atoms with Gasteiger partial charge in [0.15, 0.2) is 0 Å². The summed E-state index contributed by atoms with van der Waals surface area (Å²) in [5.74, 6) is 1.65. The number of rotatable bonds is 6. The van der Waals surface area contributed by atoms with Gasteiger partial charge in [-0.05, 0) is 29.8 Å². The van der Waals surface area contributed by atoms with Gasteiger partial charge < -0.3 is 4.74 Å². The highest BCUT2D eigenvalue weighted by Crippen LogP contribution is 2.26. The van der Waals surface area contributed by atoms with E-state index >= 15 is 0 Å². The zero-order valence-corrected chi connectivity index (χ0v) is 13.5. The highest BCUT2D eigenvalue weighted by Gasteiger charge is 2.02. The van der Waals surface area contributed by atoms with Crippen molar-refractivity contribution in [1.82, 2.24) is 0 Å². The Bertz CT molecular complexity index is 519. The van der Waals surface area contributed by atoms with E-state index in [1.807, 2.05) is 36.4 Å². The summed E-state index contributed by atoms with van der Waals surface area (Å²) in [5, 5.41) is 1.47. The van der Waals surface area contributed by atoms with Gasteiger partial charge in [0.25, 0.3) is 0 Å². The first-order valence-electron chi connectivity index (χ1n) is 5.94. The molecule has 19 heavy (non-hydrogen) atoms. The molecule has 100 valence electrons. The van der Waals surface area contributed by atoms with E-state index in [4.69, 9.17) is 16.3 Å². The molecule has 0 N–H and O–H groups in total. The zero-order valence-electron chi connectivity index (χ0n) is 10.3. The number of halogens is 2. The molecule has 0 bridgehead atoms. The number of ether oxygens (including phenoxy) is 1. The van der Waals surface area contributed by atoms with E-state index in [0.29, 0.717) is 11.6 Å². The van der Waals surface area contributed by atoms with Crippen LogP contribution in [0.25, 0.3) is 0 Å². The molecule has 0 aromatic heterocycles. The fourth-order valence-electron chi connectivity index (χ4n) is 1.57. The van der Waals surface area contributed by atoms with Gasteiger partial charge in [0.05, 0.1) is 11.6 Å². The molecule has 0 unspecified atom stereocenters. The minimum atomic E-state index is 0.646. The van der Waals surface area contributed by atoms with Crippen molar-refractivity contribution in [3.8, 4) is 5.75 Å². The van der Waals surface area contributed by atoms with Gasteiger partial charge in [0.2, 0.25) is 0 Å². The van der Waals surface area contributed by atoms with Crippen molar-refractivity contribution in [2.24, 2.45) is 0 Å². The molecule has 0 spiro atoms. The molecule has 0 radical (unpaired) electrons. The Morgan fingerprint density at radius 3 is 2.58 bits per heavy atom. The maximum atomic E-state index is 6.15. The molecular formula is C15H14BrClOS. The van der Waals surface area contributed by atoms with Crippen LogP contribution in [0.15, 0.2) is 53.4 Å². The van der Waals surface area contributed by atoms with Crippen LogP contribution in [-0.2, 0) is 5.33 Å². The van der Waals surface area contributed by atoms with E-state index in [-0.39, 0.29) is 0 Å². The van der Waals surface area contributed by atoms with Crippen molar-refractivity contribution < 1.29 is 4.74 Å². The topological polar surface area (TPSA) is 9.23 Å². The standard InChI is InChI=1S/C15H14BrClOS/c16-11-12-6-7-15(14(17)10-12)18-8-9-19-13-4-2-1-3-5-13/h1-7,10H,8-9,11H2. The predicted octanol–water partition coefficient (Wildman–Crippen LogP) is 5.41. The summed E-state index contributed by atoms with van der Waals surface area (Å²) in [6, 6.07) is 16.2. The van der Waals surface area contributed by atoms with E-state index in [1.54, 1.807) is 11.8 Å². The van der Waals surface area contributed by atoms with Crippen molar-refractivity contribution in [3.63, 3.8) is 0 Å². The molecule has 0 fully saturated rings. The molecule has 0 aliphatic rings. The summed E-state index contributed by atoms with van der Waals surface area (Å²) in [6.07, 6.45) is 0. The highest BCUT2D eigenvalue weighted by molar-refractivity contribution is 9.08. The summed E-state index contributed by atoms with van der Waals surface area (Å²) >= 11 is 11.3. The molecule has 2 aromatic carbocycles. The monoisotopic (exact) mass is 356 g/mol. The van der Waals surface area contributed by atoms with Crippen molar-refractivity contribution in [2.75, 3.05) is 12.4 Å². The fourth-order valence-corrected chi connectivity index (χ4v) is 2.93. The fraction of sp³-hybridized carbons (Fsp3) is 0.200. The van der Waals surface area contributed by atoms with Crippen LogP contribution in [-0.4, -0.2) is 12.4 Å². The Balaban J connectivity index is 1.80. The van der Waals surface area contributed by atoms with Crippen molar-refractivity contribution in [2.45, 2.75) is 10.2 Å². The van der Waals surface area contributed by atoms with Gasteiger partial charge in [0, 0.05) is 16.0 Å². The van der Waals surface area contributed by atoms with Crippen LogP contribution in [0.1, 0.15) is 5.56 Å². The van der Waals surface area contributed by atoms with Gasteiger partial charge >= 0.3 is 0 Å². The smallest absolute Gasteiger partial charge is 0.137 e. The third-order valence-electron chi connectivity index (χ3n) is 2.50. The molecule has 1 nitrogen and oxygen atoms in total. The first-order valence-corrected chi connectivity index (χ1v) is 8.43. The van der Waals surface area contributed by atoms with Gasteiger partial charge in [-0.25, -0.2) is 0 Å². The first kappa shape index (κ1) is 14.8. The Labute approximate surface area is 131 Å². The molecule has 0 saturated heterocycles. The SMILES string of the molecule is Clc1cc(CBr)ccc1OCCSc1ccccc1. The van der Waals surface area contributed by atoms with E-state index in [9.17, 15) is 0 Å². The van der Waals surface area contributed by atoms with E-state index < -0.39 is 0 Å². The van der Waals surface area contributed by atoms with E-state index in [2.05, 4.69) is 28.1 Å². The molecule has 2 rings (SSSR count). The first-order chi connectivity index (χ1) is 9.29. The summed E-state index contributed by atoms with van der Waals surface area (Å²) in [7, 11) is 0. The maximum Gasteiger partial charge on any atom is 0.137 e. The van der Waals surface area contributed by atoms with Crippen molar-refractivity contribution >= 4 is 39.3 Å². The van der Waals surface area contributed by atoms with Crippen molar-refractivity contribution in [3.05, 3.63) is 59.1 Å². The Morgan fingerprint density at radius 2 is 1.89 bits per heavy atom. The minimum absolute atomic E-state index is 0.646. The highest BCUT2D eigenvalue weighted by atomic mass is 79.9. The summed E-state index contributed by atoms with van der Waals surface area (Å²) in [4.78, 5) is 1.26. The van der Waals surface area contributed by atoms with Crippen LogP contribution in [0.5, 0.6) is 5.75 Å². The lowest BCUT2D eigenvalue weighted by Crippen LogP contribution is -2.00. The molecule has 0 amide bonds. The summed E-state index contributed by atoms with van der Waals surface area (Å²) in [5.41, 5.74) is 1.15. The molecule has 0 atom stereocenters. The lowest BCUT2D eigenvalue weighted by molar-refractivity contribution is 0.344. The van der Waals surface area contributed by atoms with Crippen LogP contribution >= 0.6 is 39.3 Å². The van der Waals surface area contributed by atoms with Gasteiger partial charge in [-0.3, -0.25) is 0 Å². The zero-order chi connectivity index (χ0) is 13.5. The quantitative estimate of drug-likeness (QED) is 0.388. The van der Waals surface area contributed by atoms with E-state index in [1.165, 1.54) is 4.90 Å². The van der Waals surface area contributed by atoms with Gasteiger partial charge in [-0.2, -0.15) is 0 Å². The van der Waals surface area contributed by atoms with Crippen LogP contribution in [0.4, 0.5) is 0 Å². The Kier molecular flexibility index (Phi) is 6.08. The molecule has 0 aliphatic heterocycles. The molecular weight excluding hydrogens is 344 g/mol. The number of alkyl halides is 1. The van der Waals surface area contributed by atoms with Crippen LogP contribution in [0.2, 0.25) is 5.02 Å². The third kappa shape index (κ3) is 4.75. The second kappa shape index (κ2) is 7.83. The van der Waals surface area contributed by atoms with Crippen LogP contribution in [0.3, 0.4) is 0 Å². The maximum absolute atomic E-state index is 6.15. The normalized spacial score (nSPS) is 10.4. The number of hydrogen-bond acceptors (Lipinski definition) is 2. The van der Waals surface area contributed by atoms with Gasteiger partial charge in [-0.15, -0.1) is 11.8 Å². The molecule has 2 aromatic rings. The predicted molar refractivity (Wildman–Crippen MR) is 86.7 cm³/mol. The molecule has 0 saturated carbocycles. The van der Waals surface area contributed by atoms with Crippen LogP contribution in [0, 0.1) is 0 Å². The number of hydrogen-bond donors (Lipinski definition) is 0. The molecule has 0 heterocycles. The average molecular weight is 358 g/mol. The largest absolute Gasteiger partial charge is 0.491 e. The number of benzene rings is 2. The third-order valence-corrected chi connectivity index (χ3v) is 4.42. The lowest BCUT2D eigenvalue weighted by Gasteiger charge is -2.08. The average Bonchev–Trinajstić information content (AvgIpc) is 2.46. The van der Waals surface area contributed by atoms with Crippen LogP contribution < -0.4 is 4.74 Å². The minimum Gasteiger partial charge on any atom is -0.491 e. The van der Waals surface area contributed by atoms with Crippen molar-refractivity contribution in [1.29, 1.82) is 0 Å². The summed E-state index contributed by atoms with van der Waals surface area (Å²) < 4.78 is 5.69.